The maximum Gasteiger partial charge on any atom is 0.140 e. The van der Waals surface area contributed by atoms with Gasteiger partial charge in [-0.1, -0.05) is 30.3 Å². The average molecular weight is 393 g/mol. The molecule has 5 heteroatoms. The molecule has 0 saturated carbocycles. The van der Waals surface area contributed by atoms with Crippen LogP contribution in [0, 0.1) is 0 Å². The molecular formula is C19H21BrO4. The summed E-state index contributed by atoms with van der Waals surface area (Å²) in [7, 11) is 1.60. The lowest BCUT2D eigenvalue weighted by molar-refractivity contribution is -0.0827. The lowest BCUT2D eigenvalue weighted by Gasteiger charge is -2.35. The normalized spacial score (nSPS) is 22.8. The van der Waals surface area contributed by atoms with Crippen LogP contribution in [0.5, 0.6) is 11.5 Å². The molecule has 3 rings (SSSR count). The third kappa shape index (κ3) is 3.16. The fourth-order valence-corrected chi connectivity index (χ4v) is 3.63. The molecule has 0 bridgehead atoms. The number of hydrogen-bond donors (Lipinski definition) is 1. The highest BCUT2D eigenvalue weighted by Crippen LogP contribution is 2.49. The van der Waals surface area contributed by atoms with Gasteiger partial charge in [-0.05, 0) is 41.4 Å². The minimum atomic E-state index is -0.752. The van der Waals surface area contributed by atoms with E-state index in [9.17, 15) is 5.11 Å². The molecule has 2 aromatic carbocycles. The molecule has 1 N–H and O–H groups in total. The van der Waals surface area contributed by atoms with Crippen LogP contribution < -0.4 is 9.47 Å². The van der Waals surface area contributed by atoms with E-state index in [1.807, 2.05) is 50.2 Å². The predicted octanol–water partition coefficient (Wildman–Crippen LogP) is 4.55. The Balaban J connectivity index is 2.03. The van der Waals surface area contributed by atoms with Gasteiger partial charge >= 0.3 is 0 Å². The quantitative estimate of drug-likeness (QED) is 0.828. The first-order valence-electron chi connectivity index (χ1n) is 7.93. The SMILES string of the molecule is COc1cc(Br)c(OCc2ccccc2)c2c1[C@@H](O)[C@@H](C)O[C@@H]2C. The van der Waals surface area contributed by atoms with Crippen molar-refractivity contribution in [3.63, 3.8) is 0 Å². The highest BCUT2D eigenvalue weighted by atomic mass is 79.9. The van der Waals surface area contributed by atoms with Crippen molar-refractivity contribution in [2.45, 2.75) is 38.8 Å². The number of fused-ring (bicyclic) bond motifs is 1. The van der Waals surface area contributed by atoms with Gasteiger partial charge in [0.2, 0.25) is 0 Å². The summed E-state index contributed by atoms with van der Waals surface area (Å²) < 4.78 is 18.2. The number of ether oxygens (including phenoxy) is 3. The summed E-state index contributed by atoms with van der Waals surface area (Å²) in [6.45, 7) is 4.26. The Morgan fingerprint density at radius 3 is 2.54 bits per heavy atom. The van der Waals surface area contributed by atoms with Gasteiger partial charge in [0, 0.05) is 11.1 Å². The summed E-state index contributed by atoms with van der Waals surface area (Å²) in [5.74, 6) is 1.33. The topological polar surface area (TPSA) is 47.9 Å². The van der Waals surface area contributed by atoms with Crippen LogP contribution in [0.15, 0.2) is 40.9 Å². The van der Waals surface area contributed by atoms with Gasteiger partial charge in [0.05, 0.1) is 23.8 Å². The third-order valence-corrected chi connectivity index (χ3v) is 4.88. The van der Waals surface area contributed by atoms with Crippen LogP contribution in [0.2, 0.25) is 0 Å². The Morgan fingerprint density at radius 1 is 1.17 bits per heavy atom. The van der Waals surface area contributed by atoms with Crippen molar-refractivity contribution >= 4 is 15.9 Å². The van der Waals surface area contributed by atoms with Crippen molar-refractivity contribution in [2.75, 3.05) is 7.11 Å². The number of aliphatic hydroxyl groups excluding tert-OH is 1. The molecule has 1 heterocycles. The summed E-state index contributed by atoms with van der Waals surface area (Å²) in [5.41, 5.74) is 2.66. The van der Waals surface area contributed by atoms with E-state index >= 15 is 0 Å². The zero-order valence-electron chi connectivity index (χ0n) is 14.0. The number of rotatable bonds is 4. The molecule has 0 unspecified atom stereocenters. The Hall–Kier alpha value is -1.56. The van der Waals surface area contributed by atoms with Crippen molar-refractivity contribution in [1.29, 1.82) is 0 Å². The summed E-state index contributed by atoms with van der Waals surface area (Å²) >= 11 is 3.56. The van der Waals surface area contributed by atoms with E-state index in [2.05, 4.69) is 15.9 Å². The van der Waals surface area contributed by atoms with Crippen LogP contribution in [-0.4, -0.2) is 18.3 Å². The zero-order valence-corrected chi connectivity index (χ0v) is 15.5. The van der Waals surface area contributed by atoms with Gasteiger partial charge in [-0.2, -0.15) is 0 Å². The molecule has 24 heavy (non-hydrogen) atoms. The van der Waals surface area contributed by atoms with Gasteiger partial charge in [0.1, 0.15) is 24.2 Å². The number of halogens is 1. The first-order valence-corrected chi connectivity index (χ1v) is 8.72. The lowest BCUT2D eigenvalue weighted by Crippen LogP contribution is -2.28. The number of aliphatic hydroxyl groups is 1. The van der Waals surface area contributed by atoms with Crippen LogP contribution in [0.25, 0.3) is 0 Å². The summed E-state index contributed by atoms with van der Waals surface area (Å²) in [6, 6.07) is 11.8. The number of methoxy groups -OCH3 is 1. The standard InChI is InChI=1S/C19H21BrO4/c1-11-16-17(18(21)12(2)24-11)15(22-3)9-14(20)19(16)23-10-13-7-5-4-6-8-13/h4-9,11-12,18,21H,10H2,1-3H3/t11-,12-,18+/m1/s1. The Morgan fingerprint density at radius 2 is 1.88 bits per heavy atom. The third-order valence-electron chi connectivity index (χ3n) is 4.29. The average Bonchev–Trinajstić information content (AvgIpc) is 2.58. The molecule has 128 valence electrons. The van der Waals surface area contributed by atoms with Crippen LogP contribution in [0.1, 0.15) is 42.7 Å². The molecular weight excluding hydrogens is 372 g/mol. The fourth-order valence-electron chi connectivity index (χ4n) is 3.10. The van der Waals surface area contributed by atoms with Gasteiger partial charge in [-0.15, -0.1) is 0 Å². The molecule has 0 aromatic heterocycles. The van der Waals surface area contributed by atoms with Crippen LogP contribution in [0.3, 0.4) is 0 Å². The van der Waals surface area contributed by atoms with Gasteiger partial charge in [-0.25, -0.2) is 0 Å². The van der Waals surface area contributed by atoms with Crippen molar-refractivity contribution in [3.05, 3.63) is 57.6 Å². The summed E-state index contributed by atoms with van der Waals surface area (Å²) in [6.07, 6.45) is -1.25. The first kappa shape index (κ1) is 17.3. The van der Waals surface area contributed by atoms with E-state index in [0.29, 0.717) is 18.1 Å². The monoisotopic (exact) mass is 392 g/mol. The first-order chi connectivity index (χ1) is 11.5. The molecule has 2 aromatic rings. The van der Waals surface area contributed by atoms with E-state index in [1.165, 1.54) is 0 Å². The number of benzene rings is 2. The van der Waals surface area contributed by atoms with Crippen LogP contribution >= 0.6 is 15.9 Å². The maximum atomic E-state index is 10.6. The Labute approximate surface area is 150 Å². The van der Waals surface area contributed by atoms with Crippen LogP contribution in [-0.2, 0) is 11.3 Å². The predicted molar refractivity (Wildman–Crippen MR) is 95.4 cm³/mol. The molecule has 0 saturated heterocycles. The summed E-state index contributed by atoms with van der Waals surface area (Å²) in [4.78, 5) is 0. The van der Waals surface area contributed by atoms with Gasteiger partial charge in [0.15, 0.2) is 0 Å². The number of hydrogen-bond acceptors (Lipinski definition) is 4. The molecule has 3 atom stereocenters. The van der Waals surface area contributed by atoms with Crippen molar-refractivity contribution < 1.29 is 19.3 Å². The van der Waals surface area contributed by atoms with Crippen LogP contribution in [0.4, 0.5) is 0 Å². The van der Waals surface area contributed by atoms with E-state index in [4.69, 9.17) is 14.2 Å². The van der Waals surface area contributed by atoms with E-state index in [1.54, 1.807) is 7.11 Å². The van der Waals surface area contributed by atoms with Crippen molar-refractivity contribution in [2.24, 2.45) is 0 Å². The Kier molecular flexibility index (Phi) is 5.13. The van der Waals surface area contributed by atoms with E-state index in [-0.39, 0.29) is 12.2 Å². The molecule has 0 spiro atoms. The molecule has 0 fully saturated rings. The maximum absolute atomic E-state index is 10.6. The van der Waals surface area contributed by atoms with Gasteiger partial charge < -0.3 is 19.3 Å². The van der Waals surface area contributed by atoms with Crippen molar-refractivity contribution in [1.82, 2.24) is 0 Å². The summed E-state index contributed by atoms with van der Waals surface area (Å²) in [5, 5.41) is 10.6. The van der Waals surface area contributed by atoms with E-state index in [0.717, 1.165) is 21.2 Å². The van der Waals surface area contributed by atoms with Crippen molar-refractivity contribution in [3.8, 4) is 11.5 Å². The zero-order chi connectivity index (χ0) is 17.3. The lowest BCUT2D eigenvalue weighted by atomic mass is 9.91. The van der Waals surface area contributed by atoms with E-state index < -0.39 is 6.10 Å². The molecule has 0 amide bonds. The van der Waals surface area contributed by atoms with Gasteiger partial charge in [-0.3, -0.25) is 0 Å². The molecule has 0 aliphatic carbocycles. The minimum Gasteiger partial charge on any atom is -0.496 e. The second-order valence-electron chi connectivity index (χ2n) is 5.92. The van der Waals surface area contributed by atoms with Gasteiger partial charge in [0.25, 0.3) is 0 Å². The smallest absolute Gasteiger partial charge is 0.140 e. The minimum absolute atomic E-state index is 0.199. The fraction of sp³-hybridized carbons (Fsp3) is 0.368. The highest BCUT2D eigenvalue weighted by Gasteiger charge is 2.36. The second-order valence-corrected chi connectivity index (χ2v) is 6.77. The Bertz CT molecular complexity index is 717. The largest absolute Gasteiger partial charge is 0.496 e. The second kappa shape index (κ2) is 7.13. The molecule has 4 nitrogen and oxygen atoms in total. The molecule has 1 aliphatic heterocycles. The highest BCUT2D eigenvalue weighted by molar-refractivity contribution is 9.10. The molecule has 0 radical (unpaired) electrons. The molecule has 1 aliphatic rings.